The molecule has 7 nitrogen and oxygen atoms in total. The minimum atomic E-state index is -0.515. The third-order valence-corrected chi connectivity index (χ3v) is 2.85. The molecule has 116 valence electrons. The van der Waals surface area contributed by atoms with Crippen molar-refractivity contribution in [1.82, 2.24) is 10.6 Å². The Morgan fingerprint density at radius 2 is 1.91 bits per heavy atom. The number of hydrogen-bond acceptors (Lipinski definition) is 5. The zero-order chi connectivity index (χ0) is 15.9. The number of imide groups is 1. The Bertz CT molecular complexity index is 607. The zero-order valence-corrected chi connectivity index (χ0v) is 12.0. The lowest BCUT2D eigenvalue weighted by Gasteiger charge is -2.06. The standard InChI is InChI=1S/C15H16N2O5/c1-2-21-13(18)9-22-11-6-3-10(4-7-11)5-8-12-14(19)17-15(20)16-12/h3-4,6-8H,2,5,9H2,1H3,(H2,16,17,19,20). The molecule has 1 fully saturated rings. The highest BCUT2D eigenvalue weighted by atomic mass is 16.6. The maximum absolute atomic E-state index is 11.3. The van der Waals surface area contributed by atoms with Crippen LogP contribution in [0.25, 0.3) is 0 Å². The summed E-state index contributed by atoms with van der Waals surface area (Å²) in [6.45, 7) is 1.91. The molecule has 0 spiro atoms. The van der Waals surface area contributed by atoms with Gasteiger partial charge in [0.2, 0.25) is 0 Å². The van der Waals surface area contributed by atoms with Gasteiger partial charge in [0.05, 0.1) is 6.61 Å². The maximum atomic E-state index is 11.3. The lowest BCUT2D eigenvalue weighted by atomic mass is 10.1. The van der Waals surface area contributed by atoms with Gasteiger partial charge in [0.1, 0.15) is 11.4 Å². The SMILES string of the molecule is CCOC(=O)COc1ccc(CC=C2NC(=O)NC2=O)cc1. The molecule has 3 amide bonds. The molecule has 1 aromatic rings. The van der Waals surface area contributed by atoms with Gasteiger partial charge in [-0.2, -0.15) is 0 Å². The fourth-order valence-electron chi connectivity index (χ4n) is 1.81. The van der Waals surface area contributed by atoms with Gasteiger partial charge in [0, 0.05) is 0 Å². The smallest absolute Gasteiger partial charge is 0.344 e. The number of carbonyl (C=O) groups is 3. The molecule has 1 aliphatic rings. The molecule has 0 atom stereocenters. The fourth-order valence-corrected chi connectivity index (χ4v) is 1.81. The summed E-state index contributed by atoms with van der Waals surface area (Å²) in [5, 5.41) is 4.54. The second kappa shape index (κ2) is 7.26. The van der Waals surface area contributed by atoms with Crippen LogP contribution in [0.3, 0.4) is 0 Å². The minimum absolute atomic E-state index is 0.135. The molecule has 0 unspecified atom stereocenters. The molecule has 0 bridgehead atoms. The summed E-state index contributed by atoms with van der Waals surface area (Å²) in [5.74, 6) is -0.296. The first-order chi connectivity index (χ1) is 10.6. The molecule has 0 aliphatic carbocycles. The summed E-state index contributed by atoms with van der Waals surface area (Å²) in [6.07, 6.45) is 2.12. The predicted molar refractivity (Wildman–Crippen MR) is 77.0 cm³/mol. The largest absolute Gasteiger partial charge is 0.482 e. The molecule has 2 N–H and O–H groups in total. The third-order valence-electron chi connectivity index (χ3n) is 2.85. The van der Waals surface area contributed by atoms with E-state index < -0.39 is 17.9 Å². The molecule has 0 radical (unpaired) electrons. The van der Waals surface area contributed by atoms with Crippen LogP contribution in [0.4, 0.5) is 4.79 Å². The van der Waals surface area contributed by atoms with Crippen LogP contribution < -0.4 is 15.4 Å². The van der Waals surface area contributed by atoms with Crippen molar-refractivity contribution in [2.24, 2.45) is 0 Å². The Hall–Kier alpha value is -2.83. The Morgan fingerprint density at radius 3 is 2.50 bits per heavy atom. The number of hydrogen-bond donors (Lipinski definition) is 2. The van der Waals surface area contributed by atoms with E-state index in [1.165, 1.54) is 0 Å². The minimum Gasteiger partial charge on any atom is -0.482 e. The topological polar surface area (TPSA) is 93.7 Å². The highest BCUT2D eigenvalue weighted by Crippen LogP contribution is 2.13. The van der Waals surface area contributed by atoms with Crippen molar-refractivity contribution in [1.29, 1.82) is 0 Å². The molecule has 1 heterocycles. The number of benzene rings is 1. The highest BCUT2D eigenvalue weighted by Gasteiger charge is 2.22. The summed E-state index contributed by atoms with van der Waals surface area (Å²) in [4.78, 5) is 33.5. The molecular formula is C15H16N2O5. The lowest BCUT2D eigenvalue weighted by Crippen LogP contribution is -2.22. The zero-order valence-electron chi connectivity index (χ0n) is 12.0. The van der Waals surface area contributed by atoms with E-state index in [9.17, 15) is 14.4 Å². The number of ether oxygens (including phenoxy) is 2. The van der Waals surface area contributed by atoms with Crippen molar-refractivity contribution in [2.45, 2.75) is 13.3 Å². The average Bonchev–Trinajstić information content (AvgIpc) is 2.82. The van der Waals surface area contributed by atoms with Crippen molar-refractivity contribution in [3.8, 4) is 5.75 Å². The number of allylic oxidation sites excluding steroid dienone is 1. The Balaban J connectivity index is 1.87. The monoisotopic (exact) mass is 304 g/mol. The van der Waals surface area contributed by atoms with Crippen LogP contribution in [0, 0.1) is 0 Å². The quantitative estimate of drug-likeness (QED) is 0.462. The summed E-state index contributed by atoms with van der Waals surface area (Å²) in [6, 6.07) is 6.55. The second-order valence-electron chi connectivity index (χ2n) is 4.47. The van der Waals surface area contributed by atoms with Gasteiger partial charge in [0.15, 0.2) is 6.61 Å². The number of esters is 1. The Morgan fingerprint density at radius 1 is 1.18 bits per heavy atom. The predicted octanol–water partition coefficient (Wildman–Crippen LogP) is 0.894. The third kappa shape index (κ3) is 4.34. The average molecular weight is 304 g/mol. The van der Waals surface area contributed by atoms with E-state index >= 15 is 0 Å². The van der Waals surface area contributed by atoms with Crippen molar-refractivity contribution >= 4 is 17.9 Å². The molecule has 2 rings (SSSR count). The first-order valence-corrected chi connectivity index (χ1v) is 6.78. The summed E-state index contributed by atoms with van der Waals surface area (Å²) < 4.78 is 10.0. The van der Waals surface area contributed by atoms with E-state index in [4.69, 9.17) is 9.47 Å². The van der Waals surface area contributed by atoms with Gasteiger partial charge < -0.3 is 14.8 Å². The van der Waals surface area contributed by atoms with Crippen molar-refractivity contribution in [2.75, 3.05) is 13.2 Å². The van der Waals surface area contributed by atoms with E-state index in [2.05, 4.69) is 10.6 Å². The summed E-state index contributed by atoms with van der Waals surface area (Å²) >= 11 is 0. The molecule has 22 heavy (non-hydrogen) atoms. The van der Waals surface area contributed by atoms with Crippen LogP contribution in [0.5, 0.6) is 5.75 Å². The van der Waals surface area contributed by atoms with Crippen LogP contribution in [0.1, 0.15) is 12.5 Å². The lowest BCUT2D eigenvalue weighted by molar-refractivity contribution is -0.145. The van der Waals surface area contributed by atoms with Crippen molar-refractivity contribution < 1.29 is 23.9 Å². The van der Waals surface area contributed by atoms with E-state index in [0.29, 0.717) is 18.8 Å². The van der Waals surface area contributed by atoms with Crippen LogP contribution >= 0.6 is 0 Å². The fraction of sp³-hybridized carbons (Fsp3) is 0.267. The molecule has 0 saturated carbocycles. The van der Waals surface area contributed by atoms with Crippen LogP contribution in [0.2, 0.25) is 0 Å². The molecule has 1 aromatic carbocycles. The van der Waals surface area contributed by atoms with Gasteiger partial charge in [-0.05, 0) is 31.0 Å². The Labute approximate surface area is 127 Å². The van der Waals surface area contributed by atoms with E-state index in [1.807, 2.05) is 12.1 Å². The van der Waals surface area contributed by atoms with E-state index in [0.717, 1.165) is 5.56 Å². The van der Waals surface area contributed by atoms with Crippen LogP contribution in [-0.4, -0.2) is 31.1 Å². The molecule has 1 saturated heterocycles. The van der Waals surface area contributed by atoms with E-state index in [-0.39, 0.29) is 12.3 Å². The van der Waals surface area contributed by atoms with Crippen molar-refractivity contribution in [3.63, 3.8) is 0 Å². The molecular weight excluding hydrogens is 288 g/mol. The Kier molecular flexibility index (Phi) is 5.13. The van der Waals surface area contributed by atoms with Gasteiger partial charge >= 0.3 is 12.0 Å². The second-order valence-corrected chi connectivity index (χ2v) is 4.47. The van der Waals surface area contributed by atoms with Gasteiger partial charge in [-0.25, -0.2) is 9.59 Å². The molecule has 7 heteroatoms. The number of nitrogens with one attached hydrogen (secondary N) is 2. The van der Waals surface area contributed by atoms with Gasteiger partial charge in [0.25, 0.3) is 5.91 Å². The molecule has 0 aromatic heterocycles. The molecule has 1 aliphatic heterocycles. The van der Waals surface area contributed by atoms with Gasteiger partial charge in [-0.1, -0.05) is 18.2 Å². The summed E-state index contributed by atoms with van der Waals surface area (Å²) in [5.41, 5.74) is 1.18. The van der Waals surface area contributed by atoms with Crippen LogP contribution in [0.15, 0.2) is 36.0 Å². The van der Waals surface area contributed by atoms with Gasteiger partial charge in [-0.3, -0.25) is 10.1 Å². The summed E-state index contributed by atoms with van der Waals surface area (Å²) in [7, 11) is 0. The maximum Gasteiger partial charge on any atom is 0.344 e. The van der Waals surface area contributed by atoms with Gasteiger partial charge in [-0.15, -0.1) is 0 Å². The van der Waals surface area contributed by atoms with E-state index in [1.54, 1.807) is 25.1 Å². The number of carbonyl (C=O) groups excluding carboxylic acids is 3. The number of rotatable bonds is 6. The highest BCUT2D eigenvalue weighted by molar-refractivity contribution is 6.11. The first kappa shape index (κ1) is 15.6. The first-order valence-electron chi connectivity index (χ1n) is 6.78. The normalized spacial score (nSPS) is 15.4. The number of urea groups is 1. The number of amides is 3. The van der Waals surface area contributed by atoms with Crippen molar-refractivity contribution in [3.05, 3.63) is 41.6 Å². The van der Waals surface area contributed by atoms with Crippen LogP contribution in [-0.2, 0) is 20.7 Å².